The highest BCUT2D eigenvalue weighted by atomic mass is 16.1. The van der Waals surface area contributed by atoms with Gasteiger partial charge in [0.1, 0.15) is 0 Å². The Balaban J connectivity index is 2.24. The fourth-order valence-corrected chi connectivity index (χ4v) is 2.04. The minimum Gasteiger partial charge on any atom is -0.298 e. The number of carbonyl (C=O) groups is 1. The van der Waals surface area contributed by atoms with Gasteiger partial charge in [0.2, 0.25) is 0 Å². The van der Waals surface area contributed by atoms with Gasteiger partial charge in [0.25, 0.3) is 0 Å². The Morgan fingerprint density at radius 1 is 1.20 bits per heavy atom. The lowest BCUT2D eigenvalue weighted by molar-refractivity contribution is -0.121. The van der Waals surface area contributed by atoms with E-state index in [1.807, 2.05) is 30.3 Å². The minimum absolute atomic E-state index is 0.0822. The molecule has 0 saturated heterocycles. The first-order chi connectivity index (χ1) is 7.29. The van der Waals surface area contributed by atoms with Crippen LogP contribution in [0.25, 0.3) is 0 Å². The Morgan fingerprint density at radius 3 is 2.33 bits per heavy atom. The molecule has 1 aromatic carbocycles. The highest BCUT2D eigenvalue weighted by Crippen LogP contribution is 2.23. The van der Waals surface area contributed by atoms with Crippen molar-refractivity contribution in [2.24, 2.45) is 0 Å². The Hall–Kier alpha value is -1.41. The summed E-state index contributed by atoms with van der Waals surface area (Å²) < 4.78 is 0. The molecular formula is C13H15NO. The van der Waals surface area contributed by atoms with Crippen molar-refractivity contribution in [2.45, 2.75) is 13.0 Å². The van der Waals surface area contributed by atoms with Gasteiger partial charge in [-0.05, 0) is 12.5 Å². The molecule has 0 bridgehead atoms. The maximum atomic E-state index is 11.7. The molecule has 2 nitrogen and oxygen atoms in total. The second-order valence-corrected chi connectivity index (χ2v) is 3.85. The first kappa shape index (κ1) is 10.1. The number of ketones is 1. The van der Waals surface area contributed by atoms with Crippen LogP contribution in [-0.2, 0) is 4.79 Å². The van der Waals surface area contributed by atoms with Crippen molar-refractivity contribution in [1.82, 2.24) is 4.90 Å². The molecule has 0 aliphatic carbocycles. The molecule has 0 saturated carbocycles. The predicted molar refractivity (Wildman–Crippen MR) is 60.6 cm³/mol. The standard InChI is InChI=1S/C13H15NO/c1-11(15)13(14-9-5-6-10-14)12-7-3-2-4-8-12/h2-8,13H,9-10H2,1H3. The molecule has 78 valence electrons. The Morgan fingerprint density at radius 2 is 1.80 bits per heavy atom. The van der Waals surface area contributed by atoms with Crippen LogP contribution in [0, 0.1) is 0 Å². The van der Waals surface area contributed by atoms with Crippen LogP contribution in [0.1, 0.15) is 18.5 Å². The molecule has 0 aromatic heterocycles. The average molecular weight is 201 g/mol. The second-order valence-electron chi connectivity index (χ2n) is 3.85. The number of rotatable bonds is 3. The first-order valence-electron chi connectivity index (χ1n) is 5.23. The van der Waals surface area contributed by atoms with Gasteiger partial charge in [-0.1, -0.05) is 42.5 Å². The zero-order valence-corrected chi connectivity index (χ0v) is 8.89. The van der Waals surface area contributed by atoms with Crippen LogP contribution in [0.2, 0.25) is 0 Å². The molecule has 2 heteroatoms. The largest absolute Gasteiger partial charge is 0.298 e. The third-order valence-corrected chi connectivity index (χ3v) is 2.71. The molecule has 0 radical (unpaired) electrons. The predicted octanol–water partition coefficient (Wildman–Crippen LogP) is 2.19. The monoisotopic (exact) mass is 201 g/mol. The number of benzene rings is 1. The van der Waals surface area contributed by atoms with Crippen molar-refractivity contribution < 1.29 is 4.79 Å². The van der Waals surface area contributed by atoms with Crippen LogP contribution < -0.4 is 0 Å². The second kappa shape index (κ2) is 4.41. The van der Waals surface area contributed by atoms with E-state index in [0.29, 0.717) is 0 Å². The van der Waals surface area contributed by atoms with E-state index >= 15 is 0 Å². The van der Waals surface area contributed by atoms with Crippen molar-refractivity contribution in [1.29, 1.82) is 0 Å². The van der Waals surface area contributed by atoms with Gasteiger partial charge in [-0.25, -0.2) is 0 Å². The number of carbonyl (C=O) groups excluding carboxylic acids is 1. The fraction of sp³-hybridized carbons (Fsp3) is 0.308. The van der Waals surface area contributed by atoms with Gasteiger partial charge in [0.15, 0.2) is 5.78 Å². The summed E-state index contributed by atoms with van der Waals surface area (Å²) in [7, 11) is 0. The highest BCUT2D eigenvalue weighted by Gasteiger charge is 2.24. The van der Waals surface area contributed by atoms with E-state index in [2.05, 4.69) is 17.1 Å². The lowest BCUT2D eigenvalue weighted by Crippen LogP contribution is -2.30. The van der Waals surface area contributed by atoms with Crippen molar-refractivity contribution >= 4 is 5.78 Å². The van der Waals surface area contributed by atoms with Gasteiger partial charge in [-0.15, -0.1) is 0 Å². The zero-order valence-electron chi connectivity index (χ0n) is 8.89. The van der Waals surface area contributed by atoms with Crippen molar-refractivity contribution in [3.63, 3.8) is 0 Å². The third kappa shape index (κ3) is 2.16. The highest BCUT2D eigenvalue weighted by molar-refractivity contribution is 5.83. The van der Waals surface area contributed by atoms with Crippen molar-refractivity contribution in [3.8, 4) is 0 Å². The fourth-order valence-electron chi connectivity index (χ4n) is 2.04. The number of nitrogens with zero attached hydrogens (tertiary/aromatic N) is 1. The lowest BCUT2D eigenvalue weighted by atomic mass is 10.0. The van der Waals surface area contributed by atoms with Gasteiger partial charge < -0.3 is 0 Å². The quantitative estimate of drug-likeness (QED) is 0.699. The van der Waals surface area contributed by atoms with Gasteiger partial charge in [0.05, 0.1) is 6.04 Å². The summed E-state index contributed by atoms with van der Waals surface area (Å²) in [6.45, 7) is 3.41. The third-order valence-electron chi connectivity index (χ3n) is 2.71. The van der Waals surface area contributed by atoms with E-state index in [9.17, 15) is 4.79 Å². The van der Waals surface area contributed by atoms with Crippen LogP contribution in [0.4, 0.5) is 0 Å². The smallest absolute Gasteiger partial charge is 0.151 e. The van der Waals surface area contributed by atoms with E-state index in [1.165, 1.54) is 0 Å². The summed E-state index contributed by atoms with van der Waals surface area (Å²) >= 11 is 0. The van der Waals surface area contributed by atoms with Crippen LogP contribution in [0.5, 0.6) is 0 Å². The topological polar surface area (TPSA) is 20.3 Å². The molecule has 1 atom stereocenters. The maximum Gasteiger partial charge on any atom is 0.151 e. The van der Waals surface area contributed by atoms with Gasteiger partial charge in [-0.2, -0.15) is 0 Å². The van der Waals surface area contributed by atoms with Crippen LogP contribution >= 0.6 is 0 Å². The molecule has 1 heterocycles. The van der Waals surface area contributed by atoms with Crippen LogP contribution in [-0.4, -0.2) is 23.8 Å². The molecule has 1 aromatic rings. The molecule has 0 N–H and O–H groups in total. The summed E-state index contributed by atoms with van der Waals surface area (Å²) in [5, 5.41) is 0. The van der Waals surface area contributed by atoms with Crippen LogP contribution in [0.3, 0.4) is 0 Å². The summed E-state index contributed by atoms with van der Waals surface area (Å²) in [6.07, 6.45) is 4.22. The summed E-state index contributed by atoms with van der Waals surface area (Å²) in [6, 6.07) is 9.89. The zero-order chi connectivity index (χ0) is 10.7. The molecule has 2 rings (SSSR count). The van der Waals surface area contributed by atoms with Gasteiger partial charge >= 0.3 is 0 Å². The molecule has 15 heavy (non-hydrogen) atoms. The van der Waals surface area contributed by atoms with Gasteiger partial charge in [-0.3, -0.25) is 9.69 Å². The lowest BCUT2D eigenvalue weighted by Gasteiger charge is -2.25. The van der Waals surface area contributed by atoms with Gasteiger partial charge in [0, 0.05) is 13.1 Å². The molecule has 1 aliphatic heterocycles. The normalized spacial score (nSPS) is 17.9. The first-order valence-corrected chi connectivity index (χ1v) is 5.23. The molecule has 0 spiro atoms. The maximum absolute atomic E-state index is 11.7. The van der Waals surface area contributed by atoms with Crippen molar-refractivity contribution in [2.75, 3.05) is 13.1 Å². The molecular weight excluding hydrogens is 186 g/mol. The minimum atomic E-state index is -0.0822. The Kier molecular flexibility index (Phi) is 2.97. The molecule has 1 aliphatic rings. The van der Waals surface area contributed by atoms with Crippen LogP contribution in [0.15, 0.2) is 42.5 Å². The van der Waals surface area contributed by atoms with E-state index in [1.54, 1.807) is 6.92 Å². The average Bonchev–Trinajstić information content (AvgIpc) is 2.72. The van der Waals surface area contributed by atoms with Crippen molar-refractivity contribution in [3.05, 3.63) is 48.0 Å². The number of hydrogen-bond donors (Lipinski definition) is 0. The van der Waals surface area contributed by atoms with E-state index in [0.717, 1.165) is 18.7 Å². The number of Topliss-reactive ketones (excluding diaryl/α,β-unsaturated/α-hetero) is 1. The van der Waals surface area contributed by atoms with E-state index in [4.69, 9.17) is 0 Å². The van der Waals surface area contributed by atoms with E-state index in [-0.39, 0.29) is 11.8 Å². The summed E-state index contributed by atoms with van der Waals surface area (Å²) in [5.41, 5.74) is 1.09. The number of hydrogen-bond acceptors (Lipinski definition) is 2. The van der Waals surface area contributed by atoms with E-state index < -0.39 is 0 Å². The Labute approximate surface area is 90.2 Å². The Bertz CT molecular complexity index is 361. The SMILES string of the molecule is CC(=O)C(c1ccccc1)N1CC=CC1. The molecule has 1 unspecified atom stereocenters. The molecule has 0 amide bonds. The summed E-state index contributed by atoms with van der Waals surface area (Å²) in [4.78, 5) is 13.8. The molecule has 0 fully saturated rings. The summed E-state index contributed by atoms with van der Waals surface area (Å²) in [5.74, 6) is 0.213.